The average molecular weight is 276 g/mol. The molecular weight excluding hydrogens is 254 g/mol. The van der Waals surface area contributed by atoms with Gasteiger partial charge in [0.25, 0.3) is 0 Å². The molecular formula is C16H22NO3+. The summed E-state index contributed by atoms with van der Waals surface area (Å²) in [6.07, 6.45) is 5.86. The van der Waals surface area contributed by atoms with E-state index in [0.717, 1.165) is 6.42 Å². The molecule has 0 aromatic carbocycles. The quantitative estimate of drug-likeness (QED) is 0.491. The highest BCUT2D eigenvalue weighted by molar-refractivity contribution is 5.78. The van der Waals surface area contributed by atoms with Crippen molar-refractivity contribution in [1.82, 2.24) is 0 Å². The fourth-order valence-corrected chi connectivity index (χ4v) is 7.71. The molecule has 6 rings (SSSR count). The van der Waals surface area contributed by atoms with E-state index in [1.807, 2.05) is 0 Å². The number of hydrogen-bond acceptors (Lipinski definition) is 3. The summed E-state index contributed by atoms with van der Waals surface area (Å²) in [5.74, 6) is 1.47. The van der Waals surface area contributed by atoms with Crippen LogP contribution < -0.4 is 4.90 Å². The molecule has 2 bridgehead atoms. The predicted molar refractivity (Wildman–Crippen MR) is 69.0 cm³/mol. The zero-order valence-electron chi connectivity index (χ0n) is 11.9. The third kappa shape index (κ3) is 0.822. The lowest BCUT2D eigenvalue weighted by Crippen LogP contribution is -3.28. The molecule has 2 saturated carbocycles. The standard InChI is InChI=1S/C16H21NO3/c1-8-6-15-9-3-2-4-17(15)7-12-13(19-12)16(8,15)10-5-11(9)20-14(10)18/h8-13H,2-7H2,1H3/p+1. The van der Waals surface area contributed by atoms with Crippen LogP contribution in [0.5, 0.6) is 0 Å². The highest BCUT2D eigenvalue weighted by atomic mass is 16.6. The van der Waals surface area contributed by atoms with Crippen molar-refractivity contribution in [2.24, 2.45) is 23.2 Å². The van der Waals surface area contributed by atoms with Crippen molar-refractivity contribution in [1.29, 1.82) is 0 Å². The minimum Gasteiger partial charge on any atom is -0.462 e. The van der Waals surface area contributed by atoms with Crippen LogP contribution in [0.3, 0.4) is 0 Å². The summed E-state index contributed by atoms with van der Waals surface area (Å²) < 4.78 is 12.0. The first kappa shape index (κ1) is 11.0. The summed E-state index contributed by atoms with van der Waals surface area (Å²) >= 11 is 0. The van der Waals surface area contributed by atoms with Gasteiger partial charge in [0.1, 0.15) is 30.4 Å². The third-order valence-corrected chi connectivity index (χ3v) is 8.02. The first-order valence-corrected chi connectivity index (χ1v) is 8.40. The van der Waals surface area contributed by atoms with Crippen molar-refractivity contribution < 1.29 is 19.2 Å². The number of piperidine rings is 2. The van der Waals surface area contributed by atoms with Gasteiger partial charge in [0.05, 0.1) is 23.8 Å². The molecule has 4 heterocycles. The van der Waals surface area contributed by atoms with Gasteiger partial charge in [0.15, 0.2) is 0 Å². The summed E-state index contributed by atoms with van der Waals surface area (Å²) in [4.78, 5) is 14.3. The minimum absolute atomic E-state index is 0.103. The maximum absolute atomic E-state index is 12.5. The highest BCUT2D eigenvalue weighted by Gasteiger charge is 2.89. The fraction of sp³-hybridized carbons (Fsp3) is 0.938. The number of carbonyl (C=O) groups excluding carboxylic acids is 1. The fourth-order valence-electron chi connectivity index (χ4n) is 7.71. The molecule has 6 aliphatic rings. The maximum Gasteiger partial charge on any atom is 0.310 e. The van der Waals surface area contributed by atoms with Crippen LogP contribution in [0.4, 0.5) is 0 Å². The molecule has 4 heteroatoms. The molecule has 0 radical (unpaired) electrons. The van der Waals surface area contributed by atoms with E-state index < -0.39 is 0 Å². The van der Waals surface area contributed by atoms with Crippen LogP contribution in [0.25, 0.3) is 0 Å². The summed E-state index contributed by atoms with van der Waals surface area (Å²) in [6.45, 7) is 4.83. The van der Waals surface area contributed by atoms with Crippen LogP contribution in [0.2, 0.25) is 0 Å². The molecule has 1 spiro atoms. The zero-order chi connectivity index (χ0) is 13.3. The molecule has 0 aromatic rings. The van der Waals surface area contributed by atoms with Crippen molar-refractivity contribution in [3.8, 4) is 0 Å². The second kappa shape index (κ2) is 2.95. The minimum atomic E-state index is 0.103. The molecule has 4 aliphatic heterocycles. The van der Waals surface area contributed by atoms with E-state index in [-0.39, 0.29) is 23.4 Å². The van der Waals surface area contributed by atoms with Crippen molar-refractivity contribution in [2.75, 3.05) is 13.1 Å². The Labute approximate surface area is 118 Å². The van der Waals surface area contributed by atoms with Crippen LogP contribution >= 0.6 is 0 Å². The molecule has 4 nitrogen and oxygen atoms in total. The molecule has 6 fully saturated rings. The summed E-state index contributed by atoms with van der Waals surface area (Å²) in [5.41, 5.74) is 0.447. The van der Waals surface area contributed by atoms with Crippen LogP contribution in [0.1, 0.15) is 32.6 Å². The van der Waals surface area contributed by atoms with Crippen molar-refractivity contribution in [3.63, 3.8) is 0 Å². The molecule has 4 saturated heterocycles. The van der Waals surface area contributed by atoms with Crippen LogP contribution in [0.15, 0.2) is 0 Å². The van der Waals surface area contributed by atoms with Gasteiger partial charge in [-0.2, -0.15) is 0 Å². The molecule has 9 unspecified atom stereocenters. The highest BCUT2D eigenvalue weighted by Crippen LogP contribution is 2.74. The van der Waals surface area contributed by atoms with E-state index in [2.05, 4.69) is 6.92 Å². The number of carbonyl (C=O) groups is 1. The largest absolute Gasteiger partial charge is 0.462 e. The number of ether oxygens (including phenoxy) is 2. The number of nitrogens with one attached hydrogen (secondary N) is 1. The summed E-state index contributed by atoms with van der Waals surface area (Å²) in [7, 11) is 0. The van der Waals surface area contributed by atoms with Gasteiger partial charge in [-0.1, -0.05) is 6.92 Å². The maximum atomic E-state index is 12.5. The summed E-state index contributed by atoms with van der Waals surface area (Å²) in [5, 5.41) is 0. The van der Waals surface area contributed by atoms with Crippen LogP contribution in [-0.2, 0) is 14.3 Å². The van der Waals surface area contributed by atoms with Crippen LogP contribution in [0, 0.1) is 23.2 Å². The van der Waals surface area contributed by atoms with E-state index in [4.69, 9.17) is 9.47 Å². The molecule has 1 N–H and O–H groups in total. The predicted octanol–water partition coefficient (Wildman–Crippen LogP) is -0.227. The van der Waals surface area contributed by atoms with Gasteiger partial charge < -0.3 is 14.4 Å². The third-order valence-electron chi connectivity index (χ3n) is 8.02. The van der Waals surface area contributed by atoms with E-state index in [0.29, 0.717) is 29.6 Å². The smallest absolute Gasteiger partial charge is 0.310 e. The van der Waals surface area contributed by atoms with E-state index in [1.165, 1.54) is 32.4 Å². The number of esters is 1. The number of hydrogen-bond donors (Lipinski definition) is 1. The van der Waals surface area contributed by atoms with Gasteiger partial charge >= 0.3 is 5.97 Å². The van der Waals surface area contributed by atoms with E-state index in [9.17, 15) is 4.79 Å². The molecule has 108 valence electrons. The van der Waals surface area contributed by atoms with Gasteiger partial charge in [-0.3, -0.25) is 4.79 Å². The second-order valence-electron chi connectivity index (χ2n) is 8.17. The first-order chi connectivity index (χ1) is 9.69. The van der Waals surface area contributed by atoms with Crippen molar-refractivity contribution >= 4 is 5.97 Å². The lowest BCUT2D eigenvalue weighted by atomic mass is 9.34. The Kier molecular flexibility index (Phi) is 1.63. The summed E-state index contributed by atoms with van der Waals surface area (Å²) in [6, 6.07) is 0. The lowest BCUT2D eigenvalue weighted by molar-refractivity contribution is -0.990. The lowest BCUT2D eigenvalue weighted by Gasteiger charge is -2.72. The van der Waals surface area contributed by atoms with Gasteiger partial charge in [-0.15, -0.1) is 0 Å². The molecule has 2 aliphatic carbocycles. The van der Waals surface area contributed by atoms with Crippen molar-refractivity contribution in [2.45, 2.75) is 56.5 Å². The molecule has 0 amide bonds. The Bertz CT molecular complexity index is 536. The Hall–Kier alpha value is -0.610. The van der Waals surface area contributed by atoms with Gasteiger partial charge in [0.2, 0.25) is 0 Å². The van der Waals surface area contributed by atoms with Gasteiger partial charge in [-0.25, -0.2) is 0 Å². The Balaban J connectivity index is 1.63. The van der Waals surface area contributed by atoms with E-state index >= 15 is 0 Å². The van der Waals surface area contributed by atoms with E-state index in [1.54, 1.807) is 4.90 Å². The Morgan fingerprint density at radius 3 is 3.10 bits per heavy atom. The average Bonchev–Trinajstić information content (AvgIpc) is 3.08. The van der Waals surface area contributed by atoms with Gasteiger partial charge in [0, 0.05) is 6.42 Å². The first-order valence-electron chi connectivity index (χ1n) is 8.40. The van der Waals surface area contributed by atoms with Gasteiger partial charge in [-0.05, 0) is 25.2 Å². The number of epoxide rings is 1. The topological polar surface area (TPSA) is 43.3 Å². The molecule has 0 aromatic heterocycles. The number of rotatable bonds is 0. The molecule has 9 atom stereocenters. The van der Waals surface area contributed by atoms with Crippen molar-refractivity contribution in [3.05, 3.63) is 0 Å². The monoisotopic (exact) mass is 276 g/mol. The SMILES string of the molecule is CC1CC23C4CCC[NH+]2CC2OC2C13C1CC4OC1=O. The second-order valence-corrected chi connectivity index (χ2v) is 8.17. The number of fused-ring (bicyclic) bond motifs is 4. The Morgan fingerprint density at radius 1 is 1.35 bits per heavy atom. The number of quaternary nitrogens is 1. The molecule has 20 heavy (non-hydrogen) atoms. The Morgan fingerprint density at radius 2 is 2.25 bits per heavy atom. The van der Waals surface area contributed by atoms with Crippen LogP contribution in [-0.4, -0.2) is 42.9 Å². The zero-order valence-corrected chi connectivity index (χ0v) is 11.9. The normalized spacial score (nSPS) is 68.2.